The zero-order valence-corrected chi connectivity index (χ0v) is 13.6. The van der Waals surface area contributed by atoms with Gasteiger partial charge >= 0.3 is 6.09 Å². The van der Waals surface area contributed by atoms with Gasteiger partial charge in [-0.05, 0) is 58.8 Å². The molecule has 5 nitrogen and oxygen atoms in total. The van der Waals surface area contributed by atoms with Crippen LogP contribution in [0.1, 0.15) is 52.9 Å². The van der Waals surface area contributed by atoms with Crippen molar-refractivity contribution in [2.75, 3.05) is 19.8 Å². The van der Waals surface area contributed by atoms with Crippen LogP contribution in [0.4, 0.5) is 4.79 Å². The van der Waals surface area contributed by atoms with Crippen molar-refractivity contribution in [3.63, 3.8) is 0 Å². The van der Waals surface area contributed by atoms with Gasteiger partial charge in [-0.15, -0.1) is 0 Å². The van der Waals surface area contributed by atoms with Crippen LogP contribution in [0.2, 0.25) is 0 Å². The second-order valence-electron chi connectivity index (χ2n) is 7.33. The lowest BCUT2D eigenvalue weighted by Gasteiger charge is -2.31. The quantitative estimate of drug-likeness (QED) is 0.837. The highest BCUT2D eigenvalue weighted by molar-refractivity contribution is 5.68. The molecule has 1 heterocycles. The van der Waals surface area contributed by atoms with Gasteiger partial charge in [0.1, 0.15) is 5.60 Å². The highest BCUT2D eigenvalue weighted by Crippen LogP contribution is 2.20. The molecule has 1 saturated carbocycles. The predicted molar refractivity (Wildman–Crippen MR) is 82.3 cm³/mol. The highest BCUT2D eigenvalue weighted by atomic mass is 16.6. The van der Waals surface area contributed by atoms with Crippen LogP contribution < -0.4 is 10.6 Å². The first-order valence-electron chi connectivity index (χ1n) is 8.23. The van der Waals surface area contributed by atoms with Crippen LogP contribution in [0.5, 0.6) is 0 Å². The fourth-order valence-corrected chi connectivity index (χ4v) is 2.99. The maximum Gasteiger partial charge on any atom is 0.407 e. The number of hydrogen-bond acceptors (Lipinski definition) is 4. The standard InChI is InChI=1S/C16H30N2O3/c1-16(2,3)21-15(19)18-14-6-4-13(5-7-14)17-10-12-8-9-20-11-12/h12-14,17H,4-11H2,1-3H3,(H,18,19). The summed E-state index contributed by atoms with van der Waals surface area (Å²) in [5, 5.41) is 6.64. The third-order valence-corrected chi connectivity index (χ3v) is 4.17. The van der Waals surface area contributed by atoms with E-state index in [9.17, 15) is 4.79 Å². The van der Waals surface area contributed by atoms with Crippen LogP contribution in [-0.4, -0.2) is 43.5 Å². The summed E-state index contributed by atoms with van der Waals surface area (Å²) >= 11 is 0. The van der Waals surface area contributed by atoms with E-state index in [1.165, 1.54) is 6.42 Å². The van der Waals surface area contributed by atoms with E-state index in [0.717, 1.165) is 45.4 Å². The van der Waals surface area contributed by atoms with E-state index in [1.807, 2.05) is 20.8 Å². The molecule has 5 heteroatoms. The minimum Gasteiger partial charge on any atom is -0.444 e. The Morgan fingerprint density at radius 1 is 1.14 bits per heavy atom. The second kappa shape index (κ2) is 7.45. The molecule has 2 aliphatic rings. The fourth-order valence-electron chi connectivity index (χ4n) is 2.99. The molecule has 122 valence electrons. The minimum atomic E-state index is -0.424. The minimum absolute atomic E-state index is 0.257. The normalized spacial score (nSPS) is 30.1. The monoisotopic (exact) mass is 298 g/mol. The summed E-state index contributed by atoms with van der Waals surface area (Å²) in [4.78, 5) is 11.7. The van der Waals surface area contributed by atoms with E-state index in [1.54, 1.807) is 0 Å². The first-order chi connectivity index (χ1) is 9.92. The number of nitrogens with one attached hydrogen (secondary N) is 2. The van der Waals surface area contributed by atoms with Crippen molar-refractivity contribution in [3.05, 3.63) is 0 Å². The second-order valence-corrected chi connectivity index (χ2v) is 7.33. The molecule has 2 rings (SSSR count). The first-order valence-corrected chi connectivity index (χ1v) is 8.23. The molecule has 1 atom stereocenters. The lowest BCUT2D eigenvalue weighted by Crippen LogP contribution is -2.44. The average Bonchev–Trinajstić information content (AvgIpc) is 2.89. The lowest BCUT2D eigenvalue weighted by molar-refractivity contribution is 0.0489. The Bertz CT molecular complexity index is 327. The molecule has 1 unspecified atom stereocenters. The van der Waals surface area contributed by atoms with E-state index in [0.29, 0.717) is 12.0 Å². The molecular formula is C16H30N2O3. The molecule has 1 aliphatic heterocycles. The number of alkyl carbamates (subject to hydrolysis) is 1. The van der Waals surface area contributed by atoms with Crippen molar-refractivity contribution >= 4 is 6.09 Å². The molecule has 1 aliphatic carbocycles. The Kier molecular flexibility index (Phi) is 5.88. The van der Waals surface area contributed by atoms with Gasteiger partial charge in [0.05, 0.1) is 6.61 Å². The maximum absolute atomic E-state index is 11.7. The zero-order chi connectivity index (χ0) is 15.3. The van der Waals surface area contributed by atoms with Gasteiger partial charge in [-0.25, -0.2) is 4.79 Å². The van der Waals surface area contributed by atoms with Crippen molar-refractivity contribution in [2.45, 2.75) is 70.6 Å². The van der Waals surface area contributed by atoms with Crippen molar-refractivity contribution in [2.24, 2.45) is 5.92 Å². The van der Waals surface area contributed by atoms with Crippen LogP contribution in [0, 0.1) is 5.92 Å². The molecule has 21 heavy (non-hydrogen) atoms. The Balaban J connectivity index is 1.60. The number of hydrogen-bond donors (Lipinski definition) is 2. The third-order valence-electron chi connectivity index (χ3n) is 4.17. The Morgan fingerprint density at radius 2 is 1.81 bits per heavy atom. The summed E-state index contributed by atoms with van der Waals surface area (Å²) in [6.07, 6.45) is 5.18. The van der Waals surface area contributed by atoms with Crippen LogP contribution in [-0.2, 0) is 9.47 Å². The van der Waals surface area contributed by atoms with Crippen LogP contribution >= 0.6 is 0 Å². The number of ether oxygens (including phenoxy) is 2. The van der Waals surface area contributed by atoms with Crippen LogP contribution in [0.25, 0.3) is 0 Å². The van der Waals surface area contributed by atoms with Gasteiger partial charge < -0.3 is 20.1 Å². The summed E-state index contributed by atoms with van der Waals surface area (Å²) in [6.45, 7) is 8.55. The van der Waals surface area contributed by atoms with Gasteiger partial charge in [0, 0.05) is 25.2 Å². The summed E-state index contributed by atoms with van der Waals surface area (Å²) in [7, 11) is 0. The van der Waals surface area contributed by atoms with Crippen molar-refractivity contribution < 1.29 is 14.3 Å². The molecule has 0 bridgehead atoms. The summed E-state index contributed by atoms with van der Waals surface area (Å²) < 4.78 is 10.7. The van der Waals surface area contributed by atoms with Gasteiger partial charge in [0.2, 0.25) is 0 Å². The summed E-state index contributed by atoms with van der Waals surface area (Å²) in [5.74, 6) is 0.683. The van der Waals surface area contributed by atoms with Crippen molar-refractivity contribution in [1.82, 2.24) is 10.6 Å². The SMILES string of the molecule is CC(C)(C)OC(=O)NC1CCC(NCC2CCOC2)CC1. The summed E-state index contributed by atoms with van der Waals surface area (Å²) in [5.41, 5.74) is -0.424. The molecule has 1 amide bonds. The van der Waals surface area contributed by atoms with Crippen molar-refractivity contribution in [3.8, 4) is 0 Å². The Morgan fingerprint density at radius 3 is 2.38 bits per heavy atom. The van der Waals surface area contributed by atoms with Gasteiger partial charge in [0.15, 0.2) is 0 Å². The number of rotatable bonds is 4. The van der Waals surface area contributed by atoms with E-state index in [2.05, 4.69) is 10.6 Å². The van der Waals surface area contributed by atoms with Gasteiger partial charge in [-0.3, -0.25) is 0 Å². The maximum atomic E-state index is 11.7. The number of carbonyl (C=O) groups is 1. The molecule has 2 N–H and O–H groups in total. The van der Waals surface area contributed by atoms with E-state index < -0.39 is 5.60 Å². The van der Waals surface area contributed by atoms with E-state index in [4.69, 9.17) is 9.47 Å². The first kappa shape index (κ1) is 16.6. The van der Waals surface area contributed by atoms with Crippen molar-refractivity contribution in [1.29, 1.82) is 0 Å². The van der Waals surface area contributed by atoms with E-state index >= 15 is 0 Å². The lowest BCUT2D eigenvalue weighted by atomic mass is 9.91. The number of carbonyl (C=O) groups excluding carboxylic acids is 1. The fraction of sp³-hybridized carbons (Fsp3) is 0.938. The molecule has 0 spiro atoms. The Hall–Kier alpha value is -0.810. The summed E-state index contributed by atoms with van der Waals surface area (Å²) in [6, 6.07) is 0.843. The molecule has 1 saturated heterocycles. The van der Waals surface area contributed by atoms with Gasteiger partial charge in [0.25, 0.3) is 0 Å². The molecule has 2 fully saturated rings. The molecule has 0 aromatic rings. The Labute approximate surface area is 128 Å². The highest BCUT2D eigenvalue weighted by Gasteiger charge is 2.25. The van der Waals surface area contributed by atoms with Gasteiger partial charge in [-0.1, -0.05) is 0 Å². The van der Waals surface area contributed by atoms with Crippen LogP contribution in [0.15, 0.2) is 0 Å². The zero-order valence-electron chi connectivity index (χ0n) is 13.6. The van der Waals surface area contributed by atoms with E-state index in [-0.39, 0.29) is 12.1 Å². The third kappa shape index (κ3) is 6.22. The molecular weight excluding hydrogens is 268 g/mol. The average molecular weight is 298 g/mol. The molecule has 0 radical (unpaired) electrons. The van der Waals surface area contributed by atoms with Gasteiger partial charge in [-0.2, -0.15) is 0 Å². The molecule has 0 aromatic carbocycles. The largest absolute Gasteiger partial charge is 0.444 e. The smallest absolute Gasteiger partial charge is 0.407 e. The molecule has 0 aromatic heterocycles. The topological polar surface area (TPSA) is 59.6 Å². The number of amides is 1. The predicted octanol–water partition coefficient (Wildman–Crippen LogP) is 2.45. The van der Waals surface area contributed by atoms with Crippen LogP contribution in [0.3, 0.4) is 0 Å².